The van der Waals surface area contributed by atoms with Gasteiger partial charge in [0.1, 0.15) is 0 Å². The van der Waals surface area contributed by atoms with Gasteiger partial charge in [-0.2, -0.15) is 0 Å². The van der Waals surface area contributed by atoms with Crippen molar-refractivity contribution in [1.82, 2.24) is 0 Å². The topological polar surface area (TPSA) is 0 Å². The summed E-state index contributed by atoms with van der Waals surface area (Å²) in [5, 5.41) is 7.68. The van der Waals surface area contributed by atoms with Gasteiger partial charge in [0.05, 0.1) is 0 Å². The van der Waals surface area contributed by atoms with Gasteiger partial charge >= 0.3 is 0 Å². The SMILES string of the molecule is CC1(C)c2ccccc2-c2c(-c3c4ccccc4c(-c4cccc5c4-c4ccccc4C5(C)C)c4cc(-c5cccc6ccccc56)ccc34)cccc21. The van der Waals surface area contributed by atoms with Crippen molar-refractivity contribution in [3.8, 4) is 55.6 Å². The fraction of sp³-hybridized carbons (Fsp3) is 0.111. The molecule has 0 unspecified atom stereocenters. The molecule has 2 aliphatic rings. The lowest BCUT2D eigenvalue weighted by molar-refractivity contribution is 0.660. The van der Waals surface area contributed by atoms with E-state index in [1.54, 1.807) is 0 Å². The average Bonchev–Trinajstić information content (AvgIpc) is 3.59. The normalized spacial score (nSPS) is 14.6. The first kappa shape index (κ1) is 31.3. The summed E-state index contributed by atoms with van der Waals surface area (Å²) in [5.74, 6) is 0. The highest BCUT2D eigenvalue weighted by molar-refractivity contribution is 6.24. The minimum atomic E-state index is -0.0909. The molecule has 9 aromatic carbocycles. The first-order valence-corrected chi connectivity index (χ1v) is 19.3. The first-order chi connectivity index (χ1) is 26.3. The van der Waals surface area contributed by atoms with E-state index in [1.807, 2.05) is 0 Å². The molecule has 0 atom stereocenters. The standard InChI is InChI=1S/C54H40/c1-53(2)45-26-11-9-21-40(45)51-42(24-14-28-47(51)53)49-37-19-7-8-20-38(37)50(43-25-15-29-48-52(43)41-22-10-12-27-46(41)54(48,3)4)44-32-34(30-31-39(44)49)36-23-13-17-33-16-5-6-18-35(33)36/h5-32H,1-4H3. The Kier molecular flexibility index (Phi) is 6.46. The Balaban J connectivity index is 1.31. The molecule has 0 aliphatic heterocycles. The van der Waals surface area contributed by atoms with E-state index in [-0.39, 0.29) is 10.8 Å². The van der Waals surface area contributed by atoms with Crippen LogP contribution in [0, 0.1) is 0 Å². The second-order valence-corrected chi connectivity index (χ2v) is 16.4. The van der Waals surface area contributed by atoms with Crippen LogP contribution in [0.2, 0.25) is 0 Å². The van der Waals surface area contributed by atoms with E-state index in [1.165, 1.54) is 110 Å². The molecule has 0 heteroatoms. The maximum atomic E-state index is 2.49. The van der Waals surface area contributed by atoms with Gasteiger partial charge in [0.25, 0.3) is 0 Å². The van der Waals surface area contributed by atoms with Gasteiger partial charge in [0.2, 0.25) is 0 Å². The van der Waals surface area contributed by atoms with E-state index in [0.29, 0.717) is 0 Å². The van der Waals surface area contributed by atoms with Crippen LogP contribution in [-0.2, 0) is 10.8 Å². The Morgan fingerprint density at radius 1 is 0.278 bits per heavy atom. The van der Waals surface area contributed by atoms with Gasteiger partial charge in [0.15, 0.2) is 0 Å². The Morgan fingerprint density at radius 2 is 0.685 bits per heavy atom. The summed E-state index contributed by atoms with van der Waals surface area (Å²) in [7, 11) is 0. The van der Waals surface area contributed by atoms with Crippen molar-refractivity contribution in [1.29, 1.82) is 0 Å². The molecule has 0 bridgehead atoms. The molecular weight excluding hydrogens is 649 g/mol. The molecule has 0 fully saturated rings. The molecule has 0 aromatic heterocycles. The lowest BCUT2D eigenvalue weighted by Crippen LogP contribution is -2.14. The van der Waals surface area contributed by atoms with E-state index in [2.05, 4.69) is 198 Å². The number of fused-ring (bicyclic) bond motifs is 9. The Labute approximate surface area is 317 Å². The maximum absolute atomic E-state index is 2.49. The van der Waals surface area contributed by atoms with Crippen LogP contribution in [0.1, 0.15) is 49.9 Å². The van der Waals surface area contributed by atoms with Crippen molar-refractivity contribution in [2.24, 2.45) is 0 Å². The predicted molar refractivity (Wildman–Crippen MR) is 230 cm³/mol. The van der Waals surface area contributed by atoms with Crippen LogP contribution >= 0.6 is 0 Å². The number of rotatable bonds is 3. The molecule has 0 N–H and O–H groups in total. The highest BCUT2D eigenvalue weighted by Gasteiger charge is 2.39. The molecule has 0 saturated heterocycles. The van der Waals surface area contributed by atoms with Crippen molar-refractivity contribution >= 4 is 32.3 Å². The molecule has 0 nitrogen and oxygen atoms in total. The summed E-state index contributed by atoms with van der Waals surface area (Å²) in [6, 6.07) is 64.1. The van der Waals surface area contributed by atoms with Gasteiger partial charge in [-0.3, -0.25) is 0 Å². The second-order valence-electron chi connectivity index (χ2n) is 16.4. The third-order valence-electron chi connectivity index (χ3n) is 12.9. The fourth-order valence-electron chi connectivity index (χ4n) is 10.3. The van der Waals surface area contributed by atoms with Crippen LogP contribution in [0.4, 0.5) is 0 Å². The van der Waals surface area contributed by atoms with Gasteiger partial charge in [-0.05, 0) is 116 Å². The van der Waals surface area contributed by atoms with Crippen LogP contribution in [0.25, 0.3) is 88.0 Å². The molecular formula is C54H40. The second kappa shape index (κ2) is 11.1. The Bertz CT molecular complexity index is 3040. The van der Waals surface area contributed by atoms with E-state index in [9.17, 15) is 0 Å². The van der Waals surface area contributed by atoms with Gasteiger partial charge in [-0.25, -0.2) is 0 Å². The van der Waals surface area contributed by atoms with Crippen LogP contribution < -0.4 is 0 Å². The fourth-order valence-corrected chi connectivity index (χ4v) is 10.3. The lowest BCUT2D eigenvalue weighted by atomic mass is 9.79. The maximum Gasteiger partial charge on any atom is 0.0159 e. The zero-order valence-electron chi connectivity index (χ0n) is 31.2. The summed E-state index contributed by atoms with van der Waals surface area (Å²) >= 11 is 0. The number of hydrogen-bond donors (Lipinski definition) is 0. The molecule has 9 aromatic rings. The quantitative estimate of drug-likeness (QED) is 0.162. The minimum absolute atomic E-state index is 0.0835. The van der Waals surface area contributed by atoms with Gasteiger partial charge < -0.3 is 0 Å². The lowest BCUT2D eigenvalue weighted by Gasteiger charge is -2.24. The van der Waals surface area contributed by atoms with Crippen LogP contribution in [0.5, 0.6) is 0 Å². The van der Waals surface area contributed by atoms with Crippen molar-refractivity contribution in [3.05, 3.63) is 192 Å². The number of benzene rings is 9. The van der Waals surface area contributed by atoms with E-state index < -0.39 is 0 Å². The van der Waals surface area contributed by atoms with Crippen LogP contribution in [0.15, 0.2) is 170 Å². The average molecular weight is 689 g/mol. The third-order valence-corrected chi connectivity index (χ3v) is 12.9. The molecule has 0 spiro atoms. The van der Waals surface area contributed by atoms with Crippen molar-refractivity contribution < 1.29 is 0 Å². The highest BCUT2D eigenvalue weighted by Crippen LogP contribution is 2.57. The first-order valence-electron chi connectivity index (χ1n) is 19.3. The van der Waals surface area contributed by atoms with Gasteiger partial charge in [0, 0.05) is 10.8 Å². The molecule has 2 aliphatic carbocycles. The van der Waals surface area contributed by atoms with Crippen LogP contribution in [-0.4, -0.2) is 0 Å². The summed E-state index contributed by atoms with van der Waals surface area (Å²) < 4.78 is 0. The molecule has 0 heterocycles. The Hall–Kier alpha value is -6.24. The van der Waals surface area contributed by atoms with E-state index in [0.717, 1.165) is 0 Å². The zero-order valence-corrected chi connectivity index (χ0v) is 31.2. The monoisotopic (exact) mass is 688 g/mol. The molecule has 54 heavy (non-hydrogen) atoms. The third kappa shape index (κ3) is 4.14. The summed E-state index contributed by atoms with van der Waals surface area (Å²) in [4.78, 5) is 0. The van der Waals surface area contributed by atoms with Gasteiger partial charge in [-0.1, -0.05) is 191 Å². The zero-order chi connectivity index (χ0) is 36.3. The minimum Gasteiger partial charge on any atom is -0.0619 e. The van der Waals surface area contributed by atoms with Gasteiger partial charge in [-0.15, -0.1) is 0 Å². The van der Waals surface area contributed by atoms with Crippen molar-refractivity contribution in [2.45, 2.75) is 38.5 Å². The van der Waals surface area contributed by atoms with E-state index in [4.69, 9.17) is 0 Å². The molecule has 0 radical (unpaired) electrons. The Morgan fingerprint density at radius 3 is 1.30 bits per heavy atom. The van der Waals surface area contributed by atoms with Crippen molar-refractivity contribution in [3.63, 3.8) is 0 Å². The van der Waals surface area contributed by atoms with Crippen LogP contribution in [0.3, 0.4) is 0 Å². The largest absolute Gasteiger partial charge is 0.0619 e. The predicted octanol–water partition coefficient (Wildman–Crippen LogP) is 14.8. The molecule has 11 rings (SSSR count). The van der Waals surface area contributed by atoms with Crippen molar-refractivity contribution in [2.75, 3.05) is 0 Å². The number of hydrogen-bond acceptors (Lipinski definition) is 0. The highest BCUT2D eigenvalue weighted by atomic mass is 14.4. The summed E-state index contributed by atoms with van der Waals surface area (Å²) in [5.41, 5.74) is 18.6. The smallest absolute Gasteiger partial charge is 0.0159 e. The summed E-state index contributed by atoms with van der Waals surface area (Å²) in [6.45, 7) is 9.53. The molecule has 0 amide bonds. The summed E-state index contributed by atoms with van der Waals surface area (Å²) in [6.07, 6.45) is 0. The molecule has 256 valence electrons. The molecule has 0 saturated carbocycles. The van der Waals surface area contributed by atoms with E-state index >= 15 is 0 Å².